The Labute approximate surface area is 124 Å². The van der Waals surface area contributed by atoms with Crippen molar-refractivity contribution >= 4 is 23.5 Å². The van der Waals surface area contributed by atoms with Crippen molar-refractivity contribution in [3.05, 3.63) is 53.9 Å². The molecule has 0 spiro atoms. The van der Waals surface area contributed by atoms with Crippen LogP contribution in [0.3, 0.4) is 0 Å². The van der Waals surface area contributed by atoms with Gasteiger partial charge < -0.3 is 9.88 Å². The summed E-state index contributed by atoms with van der Waals surface area (Å²) in [7, 11) is 0. The maximum Gasteiger partial charge on any atom is 0.186 e. The third kappa shape index (κ3) is 3.45. The van der Waals surface area contributed by atoms with Crippen molar-refractivity contribution in [3.8, 4) is 5.69 Å². The van der Waals surface area contributed by atoms with E-state index in [0.717, 1.165) is 17.9 Å². The van der Waals surface area contributed by atoms with Crippen molar-refractivity contribution in [3.63, 3.8) is 0 Å². The van der Waals surface area contributed by atoms with Crippen LogP contribution in [-0.4, -0.2) is 22.4 Å². The zero-order chi connectivity index (χ0) is 14.4. The number of hydrogen-bond acceptors (Lipinski definition) is 2. The highest BCUT2D eigenvalue weighted by Gasteiger charge is 2.03. The Morgan fingerprint density at radius 2 is 2.10 bits per heavy atom. The Morgan fingerprint density at radius 1 is 1.30 bits per heavy atom. The molecule has 1 aromatic carbocycles. The topological polar surface area (TPSA) is 41.4 Å². The lowest BCUT2D eigenvalue weighted by Gasteiger charge is -2.09. The molecular formula is C15H18N4S. The van der Waals surface area contributed by atoms with E-state index in [0.29, 0.717) is 5.11 Å². The molecule has 0 aliphatic carbocycles. The summed E-state index contributed by atoms with van der Waals surface area (Å²) in [5, 5.41) is 7.66. The minimum absolute atomic E-state index is 0.526. The SMILES string of the molecule is CCNC(=S)NN=Cc1cccn1-c1ccccc1C. The molecule has 4 nitrogen and oxygen atoms in total. The van der Waals surface area contributed by atoms with Gasteiger partial charge in [0.25, 0.3) is 0 Å². The van der Waals surface area contributed by atoms with Crippen LogP contribution in [-0.2, 0) is 0 Å². The van der Waals surface area contributed by atoms with Gasteiger partial charge in [-0.2, -0.15) is 5.10 Å². The number of benzene rings is 1. The van der Waals surface area contributed by atoms with Gasteiger partial charge in [0.1, 0.15) is 0 Å². The fourth-order valence-electron chi connectivity index (χ4n) is 1.91. The molecule has 0 radical (unpaired) electrons. The Balaban J connectivity index is 2.16. The summed E-state index contributed by atoms with van der Waals surface area (Å²) in [5.41, 5.74) is 6.15. The summed E-state index contributed by atoms with van der Waals surface area (Å²) >= 11 is 5.05. The highest BCUT2D eigenvalue weighted by molar-refractivity contribution is 7.80. The van der Waals surface area contributed by atoms with Gasteiger partial charge in [-0.3, -0.25) is 5.43 Å². The molecule has 0 unspecified atom stereocenters. The molecule has 0 aliphatic heterocycles. The van der Waals surface area contributed by atoms with E-state index in [4.69, 9.17) is 12.2 Å². The van der Waals surface area contributed by atoms with Crippen molar-refractivity contribution in [1.82, 2.24) is 15.3 Å². The minimum Gasteiger partial charge on any atom is -0.362 e. The molecule has 104 valence electrons. The average molecular weight is 286 g/mol. The number of thiocarbonyl (C=S) groups is 1. The van der Waals surface area contributed by atoms with E-state index in [2.05, 4.69) is 39.5 Å². The van der Waals surface area contributed by atoms with Crippen molar-refractivity contribution in [2.75, 3.05) is 6.54 Å². The van der Waals surface area contributed by atoms with Gasteiger partial charge in [-0.1, -0.05) is 18.2 Å². The third-order valence-corrected chi connectivity index (χ3v) is 3.09. The smallest absolute Gasteiger partial charge is 0.186 e. The summed E-state index contributed by atoms with van der Waals surface area (Å²) in [4.78, 5) is 0. The van der Waals surface area contributed by atoms with Gasteiger partial charge in [-0.25, -0.2) is 0 Å². The van der Waals surface area contributed by atoms with Gasteiger partial charge in [-0.15, -0.1) is 0 Å². The first-order chi connectivity index (χ1) is 9.72. The molecule has 20 heavy (non-hydrogen) atoms. The van der Waals surface area contributed by atoms with Crippen LogP contribution >= 0.6 is 12.2 Å². The van der Waals surface area contributed by atoms with Crippen LogP contribution in [0, 0.1) is 6.92 Å². The summed E-state index contributed by atoms with van der Waals surface area (Å²) in [6.07, 6.45) is 3.78. The molecule has 2 aromatic rings. The van der Waals surface area contributed by atoms with Gasteiger partial charge in [0.15, 0.2) is 5.11 Å². The lowest BCUT2D eigenvalue weighted by atomic mass is 10.2. The lowest BCUT2D eigenvalue weighted by Crippen LogP contribution is -2.31. The second-order valence-corrected chi connectivity index (χ2v) is 4.73. The van der Waals surface area contributed by atoms with Crippen LogP contribution in [0.5, 0.6) is 0 Å². The third-order valence-electron chi connectivity index (χ3n) is 2.86. The predicted octanol–water partition coefficient (Wildman–Crippen LogP) is 2.60. The molecule has 0 bridgehead atoms. The van der Waals surface area contributed by atoms with Crippen molar-refractivity contribution in [1.29, 1.82) is 0 Å². The highest BCUT2D eigenvalue weighted by Crippen LogP contribution is 2.15. The number of aromatic nitrogens is 1. The number of rotatable bonds is 4. The predicted molar refractivity (Wildman–Crippen MR) is 87.5 cm³/mol. The van der Waals surface area contributed by atoms with E-state index in [1.54, 1.807) is 6.21 Å². The fourth-order valence-corrected chi connectivity index (χ4v) is 2.11. The first kappa shape index (κ1) is 14.3. The standard InChI is InChI=1S/C15H18N4S/c1-3-16-15(20)18-17-11-13-8-6-10-19(13)14-9-5-4-7-12(14)2/h4-11H,3H2,1-2H3,(H2,16,18,20). The van der Waals surface area contributed by atoms with Crippen LogP contribution in [0.15, 0.2) is 47.7 Å². The van der Waals surface area contributed by atoms with E-state index < -0.39 is 0 Å². The van der Waals surface area contributed by atoms with Crippen LogP contribution in [0.4, 0.5) is 0 Å². The van der Waals surface area contributed by atoms with Crippen molar-refractivity contribution in [2.24, 2.45) is 5.10 Å². The van der Waals surface area contributed by atoms with Crippen LogP contribution < -0.4 is 10.7 Å². The Morgan fingerprint density at radius 3 is 2.85 bits per heavy atom. The summed E-state index contributed by atoms with van der Waals surface area (Å²) in [6.45, 7) is 4.86. The van der Waals surface area contributed by atoms with Crippen LogP contribution in [0.1, 0.15) is 18.2 Å². The van der Waals surface area contributed by atoms with E-state index in [9.17, 15) is 0 Å². The Kier molecular flexibility index (Phi) is 4.90. The molecule has 0 saturated heterocycles. The number of nitrogens with one attached hydrogen (secondary N) is 2. The second kappa shape index (κ2) is 6.86. The zero-order valence-corrected chi connectivity index (χ0v) is 12.4. The van der Waals surface area contributed by atoms with E-state index >= 15 is 0 Å². The maximum absolute atomic E-state index is 5.05. The molecule has 1 aromatic heterocycles. The number of nitrogens with zero attached hydrogens (tertiary/aromatic N) is 2. The molecule has 0 fully saturated rings. The fraction of sp³-hybridized carbons (Fsp3) is 0.200. The summed E-state index contributed by atoms with van der Waals surface area (Å²) < 4.78 is 2.09. The van der Waals surface area contributed by atoms with E-state index in [1.807, 2.05) is 37.4 Å². The quantitative estimate of drug-likeness (QED) is 0.516. The Hall–Kier alpha value is -2.14. The molecular weight excluding hydrogens is 268 g/mol. The molecule has 0 amide bonds. The largest absolute Gasteiger partial charge is 0.362 e. The average Bonchev–Trinajstić information content (AvgIpc) is 2.88. The first-order valence-corrected chi connectivity index (χ1v) is 6.93. The van der Waals surface area contributed by atoms with E-state index in [1.165, 1.54) is 5.56 Å². The summed E-state index contributed by atoms with van der Waals surface area (Å²) in [5.74, 6) is 0. The van der Waals surface area contributed by atoms with Crippen LogP contribution in [0.2, 0.25) is 0 Å². The number of hydrogen-bond donors (Lipinski definition) is 2. The van der Waals surface area contributed by atoms with Gasteiger partial charge in [0.2, 0.25) is 0 Å². The van der Waals surface area contributed by atoms with Crippen molar-refractivity contribution < 1.29 is 0 Å². The molecule has 0 atom stereocenters. The highest BCUT2D eigenvalue weighted by atomic mass is 32.1. The Bertz CT molecular complexity index is 616. The second-order valence-electron chi connectivity index (χ2n) is 4.32. The molecule has 0 saturated carbocycles. The van der Waals surface area contributed by atoms with Gasteiger partial charge in [0.05, 0.1) is 11.9 Å². The van der Waals surface area contributed by atoms with Crippen molar-refractivity contribution in [2.45, 2.75) is 13.8 Å². The lowest BCUT2D eigenvalue weighted by molar-refractivity contribution is 0.902. The zero-order valence-electron chi connectivity index (χ0n) is 11.6. The molecule has 2 rings (SSSR count). The molecule has 1 heterocycles. The minimum atomic E-state index is 0.526. The normalized spacial score (nSPS) is 10.7. The van der Waals surface area contributed by atoms with Gasteiger partial charge >= 0.3 is 0 Å². The molecule has 2 N–H and O–H groups in total. The summed E-state index contributed by atoms with van der Waals surface area (Å²) in [6, 6.07) is 12.2. The van der Waals surface area contributed by atoms with Gasteiger partial charge in [-0.05, 0) is 49.8 Å². The maximum atomic E-state index is 5.05. The number of hydrazone groups is 1. The monoisotopic (exact) mass is 286 g/mol. The molecule has 5 heteroatoms. The number of para-hydroxylation sites is 1. The van der Waals surface area contributed by atoms with Crippen LogP contribution in [0.25, 0.3) is 5.69 Å². The molecule has 0 aliphatic rings. The first-order valence-electron chi connectivity index (χ1n) is 6.52. The van der Waals surface area contributed by atoms with E-state index in [-0.39, 0.29) is 0 Å². The number of aryl methyl sites for hydroxylation is 1. The van der Waals surface area contributed by atoms with Gasteiger partial charge in [0, 0.05) is 18.4 Å².